The zero-order valence-electron chi connectivity index (χ0n) is 14.3. The van der Waals surface area contributed by atoms with Crippen molar-refractivity contribution in [2.75, 3.05) is 19.6 Å². The van der Waals surface area contributed by atoms with Crippen LogP contribution in [0.15, 0.2) is 48.5 Å². The van der Waals surface area contributed by atoms with E-state index >= 15 is 0 Å². The molecule has 0 aromatic heterocycles. The van der Waals surface area contributed by atoms with Crippen LogP contribution in [0.1, 0.15) is 47.5 Å². The minimum Gasteiger partial charge on any atom is -0.303 e. The van der Waals surface area contributed by atoms with Crippen LogP contribution in [0.2, 0.25) is 0 Å². The Labute approximate surface area is 147 Å². The molecular formula is C21H23F2NO. The maximum atomic E-state index is 13.6. The van der Waals surface area contributed by atoms with Crippen molar-refractivity contribution in [3.05, 3.63) is 71.3 Å². The van der Waals surface area contributed by atoms with E-state index in [4.69, 9.17) is 0 Å². The zero-order valence-corrected chi connectivity index (χ0v) is 14.3. The molecule has 0 aliphatic carbocycles. The topological polar surface area (TPSA) is 20.3 Å². The van der Waals surface area contributed by atoms with Gasteiger partial charge < -0.3 is 4.90 Å². The molecule has 0 N–H and O–H groups in total. The van der Waals surface area contributed by atoms with Gasteiger partial charge in [-0.3, -0.25) is 4.79 Å². The highest BCUT2D eigenvalue weighted by Gasteiger charge is 2.20. The molecule has 0 spiro atoms. The third kappa shape index (κ3) is 4.73. The average molecular weight is 343 g/mol. The monoisotopic (exact) mass is 343 g/mol. The molecule has 2 aromatic rings. The van der Waals surface area contributed by atoms with Crippen LogP contribution < -0.4 is 0 Å². The minimum absolute atomic E-state index is 0.0100. The van der Waals surface area contributed by atoms with Gasteiger partial charge in [-0.05, 0) is 62.5 Å². The van der Waals surface area contributed by atoms with Gasteiger partial charge in [0.1, 0.15) is 11.6 Å². The van der Waals surface area contributed by atoms with Gasteiger partial charge in [0, 0.05) is 12.5 Å². The highest BCUT2D eigenvalue weighted by atomic mass is 19.1. The molecule has 2 aromatic carbocycles. The Bertz CT molecular complexity index is 709. The number of ketones is 1. The van der Waals surface area contributed by atoms with E-state index in [0.29, 0.717) is 18.8 Å². The summed E-state index contributed by atoms with van der Waals surface area (Å²) in [6.07, 6.45) is 3.25. The molecule has 4 heteroatoms. The first kappa shape index (κ1) is 17.7. The van der Waals surface area contributed by atoms with Crippen molar-refractivity contribution >= 4 is 5.78 Å². The number of carbonyl (C=O) groups excluding carboxylic acids is 1. The van der Waals surface area contributed by atoms with Crippen molar-refractivity contribution in [1.82, 2.24) is 4.90 Å². The SMILES string of the molecule is O=C(CCCN1CCC(c2ccccc2)CC1)c1ccc(F)cc1F. The second kappa shape index (κ2) is 8.34. The number of carbonyl (C=O) groups is 1. The van der Waals surface area contributed by atoms with E-state index in [1.165, 1.54) is 11.6 Å². The number of hydrogen-bond donors (Lipinski definition) is 0. The van der Waals surface area contributed by atoms with E-state index < -0.39 is 11.6 Å². The summed E-state index contributed by atoms with van der Waals surface area (Å²) in [6, 6.07) is 13.7. The van der Waals surface area contributed by atoms with E-state index in [0.717, 1.165) is 44.6 Å². The summed E-state index contributed by atoms with van der Waals surface area (Å²) in [5.41, 5.74) is 1.40. The summed E-state index contributed by atoms with van der Waals surface area (Å²) < 4.78 is 26.5. The lowest BCUT2D eigenvalue weighted by molar-refractivity contribution is 0.0968. The molecule has 0 unspecified atom stereocenters. The van der Waals surface area contributed by atoms with Gasteiger partial charge in [0.2, 0.25) is 0 Å². The Morgan fingerprint density at radius 2 is 1.76 bits per heavy atom. The number of hydrogen-bond acceptors (Lipinski definition) is 2. The molecular weight excluding hydrogens is 320 g/mol. The van der Waals surface area contributed by atoms with Crippen molar-refractivity contribution < 1.29 is 13.6 Å². The van der Waals surface area contributed by atoms with E-state index in [9.17, 15) is 13.6 Å². The molecule has 1 heterocycles. The second-order valence-corrected chi connectivity index (χ2v) is 6.68. The lowest BCUT2D eigenvalue weighted by atomic mass is 9.89. The molecule has 0 radical (unpaired) electrons. The Balaban J connectivity index is 1.42. The largest absolute Gasteiger partial charge is 0.303 e. The summed E-state index contributed by atoms with van der Waals surface area (Å²) in [6.45, 7) is 2.90. The van der Waals surface area contributed by atoms with Crippen LogP contribution in [-0.4, -0.2) is 30.3 Å². The Morgan fingerprint density at radius 3 is 2.44 bits per heavy atom. The number of Topliss-reactive ketones (excluding diaryl/α,β-unsaturated/α-hetero) is 1. The maximum absolute atomic E-state index is 13.6. The zero-order chi connectivity index (χ0) is 17.6. The Hall–Kier alpha value is -2.07. The fraction of sp³-hybridized carbons (Fsp3) is 0.381. The van der Waals surface area contributed by atoms with Crippen molar-refractivity contribution in [2.24, 2.45) is 0 Å². The highest BCUT2D eigenvalue weighted by Crippen LogP contribution is 2.27. The van der Waals surface area contributed by atoms with Crippen LogP contribution in [-0.2, 0) is 0 Å². The maximum Gasteiger partial charge on any atom is 0.165 e. The number of nitrogens with zero attached hydrogens (tertiary/aromatic N) is 1. The number of benzene rings is 2. The summed E-state index contributed by atoms with van der Waals surface area (Å²) >= 11 is 0. The standard InChI is InChI=1S/C21H23F2NO/c22-18-8-9-19(20(23)15-18)21(25)7-4-12-24-13-10-17(11-14-24)16-5-2-1-3-6-16/h1-3,5-6,8-9,15,17H,4,7,10-14H2. The van der Waals surface area contributed by atoms with Crippen molar-refractivity contribution in [3.8, 4) is 0 Å². The van der Waals surface area contributed by atoms with Crippen LogP contribution in [0.25, 0.3) is 0 Å². The van der Waals surface area contributed by atoms with E-state index in [1.54, 1.807) is 0 Å². The second-order valence-electron chi connectivity index (χ2n) is 6.68. The molecule has 0 bridgehead atoms. The lowest BCUT2D eigenvalue weighted by Gasteiger charge is -2.32. The fourth-order valence-electron chi connectivity index (χ4n) is 3.53. The minimum atomic E-state index is -0.770. The first-order valence-electron chi connectivity index (χ1n) is 8.89. The van der Waals surface area contributed by atoms with Gasteiger partial charge in [0.05, 0.1) is 5.56 Å². The number of piperidine rings is 1. The Morgan fingerprint density at radius 1 is 1.04 bits per heavy atom. The normalized spacial score (nSPS) is 16.1. The molecule has 25 heavy (non-hydrogen) atoms. The summed E-state index contributed by atoms with van der Waals surface area (Å²) in [4.78, 5) is 14.4. The molecule has 1 aliphatic rings. The van der Waals surface area contributed by atoms with E-state index in [-0.39, 0.29) is 11.3 Å². The van der Waals surface area contributed by atoms with Crippen molar-refractivity contribution in [1.29, 1.82) is 0 Å². The van der Waals surface area contributed by atoms with Crippen molar-refractivity contribution in [3.63, 3.8) is 0 Å². The van der Waals surface area contributed by atoms with Gasteiger partial charge >= 0.3 is 0 Å². The molecule has 2 nitrogen and oxygen atoms in total. The van der Waals surface area contributed by atoms with Gasteiger partial charge in [0.15, 0.2) is 5.78 Å². The average Bonchev–Trinajstić information content (AvgIpc) is 2.63. The highest BCUT2D eigenvalue weighted by molar-refractivity contribution is 5.96. The summed E-state index contributed by atoms with van der Waals surface area (Å²) in [5.74, 6) is -1.06. The molecule has 0 saturated carbocycles. The molecule has 1 aliphatic heterocycles. The summed E-state index contributed by atoms with van der Waals surface area (Å²) in [7, 11) is 0. The number of halogens is 2. The van der Waals surface area contributed by atoms with Gasteiger partial charge in [-0.1, -0.05) is 30.3 Å². The lowest BCUT2D eigenvalue weighted by Crippen LogP contribution is -2.33. The van der Waals surface area contributed by atoms with Gasteiger partial charge in [-0.2, -0.15) is 0 Å². The molecule has 0 amide bonds. The van der Waals surface area contributed by atoms with Crippen LogP contribution in [0.3, 0.4) is 0 Å². The molecule has 3 rings (SSSR count). The van der Waals surface area contributed by atoms with Crippen LogP contribution >= 0.6 is 0 Å². The quantitative estimate of drug-likeness (QED) is 0.702. The predicted molar refractivity (Wildman–Crippen MR) is 94.8 cm³/mol. The Kier molecular flexibility index (Phi) is 5.92. The summed E-state index contributed by atoms with van der Waals surface area (Å²) in [5, 5.41) is 0. The third-order valence-corrected chi connectivity index (χ3v) is 4.97. The van der Waals surface area contributed by atoms with E-state index in [1.807, 2.05) is 6.07 Å². The van der Waals surface area contributed by atoms with Crippen molar-refractivity contribution in [2.45, 2.75) is 31.6 Å². The van der Waals surface area contributed by atoms with Gasteiger partial charge in [-0.25, -0.2) is 8.78 Å². The number of rotatable bonds is 6. The van der Waals surface area contributed by atoms with Gasteiger partial charge in [0.25, 0.3) is 0 Å². The van der Waals surface area contributed by atoms with E-state index in [2.05, 4.69) is 29.2 Å². The smallest absolute Gasteiger partial charge is 0.165 e. The predicted octanol–water partition coefficient (Wildman–Crippen LogP) is 4.81. The molecule has 132 valence electrons. The van der Waals surface area contributed by atoms with Crippen LogP contribution in [0, 0.1) is 11.6 Å². The number of likely N-dealkylation sites (tertiary alicyclic amines) is 1. The fourth-order valence-corrected chi connectivity index (χ4v) is 3.53. The van der Waals surface area contributed by atoms with Crippen LogP contribution in [0.5, 0.6) is 0 Å². The molecule has 0 atom stereocenters. The first-order valence-corrected chi connectivity index (χ1v) is 8.89. The van der Waals surface area contributed by atoms with Crippen LogP contribution in [0.4, 0.5) is 8.78 Å². The first-order chi connectivity index (χ1) is 12.1. The van der Waals surface area contributed by atoms with Gasteiger partial charge in [-0.15, -0.1) is 0 Å². The molecule has 1 saturated heterocycles. The molecule has 1 fully saturated rings. The third-order valence-electron chi connectivity index (χ3n) is 4.97.